The molecule has 1 aromatic carbocycles. The van der Waals surface area contributed by atoms with Gasteiger partial charge in [-0.05, 0) is 38.5 Å². The molecule has 0 bridgehead atoms. The van der Waals surface area contributed by atoms with Crippen LogP contribution in [-0.4, -0.2) is 18.3 Å². The molecule has 4 nitrogen and oxygen atoms in total. The number of primary amides is 1. The Morgan fingerprint density at radius 3 is 2.35 bits per heavy atom. The average molecular weight is 237 g/mol. The van der Waals surface area contributed by atoms with Crippen molar-refractivity contribution in [1.82, 2.24) is 0 Å². The van der Waals surface area contributed by atoms with E-state index in [4.69, 9.17) is 15.2 Å². The van der Waals surface area contributed by atoms with Crippen LogP contribution in [0.2, 0.25) is 0 Å². The number of carbonyl (C=O) groups excluding carboxylic acids is 1. The molecule has 17 heavy (non-hydrogen) atoms. The lowest BCUT2D eigenvalue weighted by molar-refractivity contribution is 0.0460. The van der Waals surface area contributed by atoms with Crippen LogP contribution in [-0.2, 0) is 11.2 Å². The average Bonchev–Trinajstić information content (AvgIpc) is 2.18. The third-order valence-corrected chi connectivity index (χ3v) is 2.24. The first-order chi connectivity index (χ1) is 7.93. The lowest BCUT2D eigenvalue weighted by atomic mass is 9.98. The van der Waals surface area contributed by atoms with Crippen molar-refractivity contribution in [3.05, 3.63) is 29.8 Å². The maximum atomic E-state index is 10.7. The van der Waals surface area contributed by atoms with E-state index in [1.807, 2.05) is 45.0 Å². The van der Waals surface area contributed by atoms with Crippen molar-refractivity contribution in [2.24, 2.45) is 5.73 Å². The Morgan fingerprint density at radius 2 is 1.88 bits per heavy atom. The number of amides is 1. The minimum atomic E-state index is -0.749. The first-order valence-electron chi connectivity index (χ1n) is 5.63. The molecule has 4 heteroatoms. The normalized spacial score (nSPS) is 11.0. The van der Waals surface area contributed by atoms with Gasteiger partial charge in [0.1, 0.15) is 11.4 Å². The highest BCUT2D eigenvalue weighted by Crippen LogP contribution is 2.19. The maximum absolute atomic E-state index is 10.7. The van der Waals surface area contributed by atoms with Crippen molar-refractivity contribution >= 4 is 6.09 Å². The first-order valence-corrected chi connectivity index (χ1v) is 5.63. The van der Waals surface area contributed by atoms with E-state index in [1.54, 1.807) is 0 Å². The van der Waals surface area contributed by atoms with Crippen LogP contribution in [0.5, 0.6) is 5.75 Å². The zero-order chi connectivity index (χ0) is 12.9. The first kappa shape index (κ1) is 13.4. The number of nitrogens with two attached hydrogens (primary N) is 1. The summed E-state index contributed by atoms with van der Waals surface area (Å²) in [6.07, 6.45) is -0.136. The van der Waals surface area contributed by atoms with E-state index in [2.05, 4.69) is 0 Å². The van der Waals surface area contributed by atoms with Crippen LogP contribution in [0.1, 0.15) is 26.3 Å². The Morgan fingerprint density at radius 1 is 1.29 bits per heavy atom. The molecule has 1 rings (SSSR count). The monoisotopic (exact) mass is 237 g/mol. The largest absolute Gasteiger partial charge is 0.494 e. The second-order valence-electron chi connectivity index (χ2n) is 4.43. The smallest absolute Gasteiger partial charge is 0.405 e. The van der Waals surface area contributed by atoms with Gasteiger partial charge >= 0.3 is 6.09 Å². The van der Waals surface area contributed by atoms with E-state index in [9.17, 15) is 4.79 Å². The molecule has 0 radical (unpaired) electrons. The second kappa shape index (κ2) is 5.57. The minimum Gasteiger partial charge on any atom is -0.494 e. The molecule has 0 heterocycles. The lowest BCUT2D eigenvalue weighted by Gasteiger charge is -2.24. The van der Waals surface area contributed by atoms with Gasteiger partial charge in [0, 0.05) is 6.42 Å². The summed E-state index contributed by atoms with van der Waals surface area (Å²) < 4.78 is 10.4. The van der Waals surface area contributed by atoms with Crippen LogP contribution in [0.3, 0.4) is 0 Å². The standard InChI is InChI=1S/C13H19NO3/c1-4-16-11-7-5-10(6-8-11)9-13(2,3)17-12(14)15/h5-8H,4,9H2,1-3H3,(H2,14,15). The van der Waals surface area contributed by atoms with Crippen molar-refractivity contribution in [2.75, 3.05) is 6.61 Å². The molecule has 94 valence electrons. The van der Waals surface area contributed by atoms with Crippen molar-refractivity contribution in [3.8, 4) is 5.75 Å². The van der Waals surface area contributed by atoms with Gasteiger partial charge < -0.3 is 15.2 Å². The quantitative estimate of drug-likeness (QED) is 0.855. The SMILES string of the molecule is CCOc1ccc(CC(C)(C)OC(N)=O)cc1. The van der Waals surface area contributed by atoms with E-state index in [0.29, 0.717) is 13.0 Å². The molecule has 1 amide bonds. The molecule has 0 aliphatic carbocycles. The van der Waals surface area contributed by atoms with Crippen LogP contribution < -0.4 is 10.5 Å². The molecular weight excluding hydrogens is 218 g/mol. The summed E-state index contributed by atoms with van der Waals surface area (Å²) in [6.45, 7) is 6.25. The molecule has 0 spiro atoms. The summed E-state index contributed by atoms with van der Waals surface area (Å²) >= 11 is 0. The van der Waals surface area contributed by atoms with Gasteiger partial charge in [-0.3, -0.25) is 0 Å². The minimum absolute atomic E-state index is 0.598. The number of carbonyl (C=O) groups is 1. The Kier molecular flexibility index (Phi) is 4.37. The van der Waals surface area contributed by atoms with Crippen LogP contribution in [0, 0.1) is 0 Å². The van der Waals surface area contributed by atoms with Gasteiger partial charge in [0.25, 0.3) is 0 Å². The summed E-state index contributed by atoms with van der Waals surface area (Å²) in [5.41, 5.74) is 5.49. The van der Waals surface area contributed by atoms with E-state index in [-0.39, 0.29) is 0 Å². The van der Waals surface area contributed by atoms with Crippen molar-refractivity contribution in [3.63, 3.8) is 0 Å². The van der Waals surface area contributed by atoms with Gasteiger partial charge in [-0.1, -0.05) is 12.1 Å². The van der Waals surface area contributed by atoms with Gasteiger partial charge in [0.05, 0.1) is 6.61 Å². The van der Waals surface area contributed by atoms with Gasteiger partial charge in [-0.25, -0.2) is 4.79 Å². The zero-order valence-corrected chi connectivity index (χ0v) is 10.5. The highest BCUT2D eigenvalue weighted by atomic mass is 16.6. The third kappa shape index (κ3) is 4.76. The number of hydrogen-bond donors (Lipinski definition) is 1. The molecule has 0 saturated carbocycles. The Labute approximate surface area is 102 Å². The van der Waals surface area contributed by atoms with Crippen LogP contribution >= 0.6 is 0 Å². The Bertz CT molecular complexity index is 371. The van der Waals surface area contributed by atoms with Crippen molar-refractivity contribution in [2.45, 2.75) is 32.8 Å². The summed E-state index contributed by atoms with van der Waals surface area (Å²) in [5, 5.41) is 0. The molecule has 0 aromatic heterocycles. The Balaban J connectivity index is 2.65. The third-order valence-electron chi connectivity index (χ3n) is 2.24. The zero-order valence-electron chi connectivity index (χ0n) is 10.5. The number of benzene rings is 1. The fourth-order valence-corrected chi connectivity index (χ4v) is 1.67. The number of rotatable bonds is 5. The molecule has 0 fully saturated rings. The van der Waals surface area contributed by atoms with Gasteiger partial charge in [0.2, 0.25) is 0 Å². The van der Waals surface area contributed by atoms with E-state index in [0.717, 1.165) is 11.3 Å². The topological polar surface area (TPSA) is 61.6 Å². The molecule has 1 aromatic rings. The molecule has 0 saturated heterocycles. The molecule has 0 atom stereocenters. The maximum Gasteiger partial charge on any atom is 0.405 e. The number of ether oxygens (including phenoxy) is 2. The van der Waals surface area contributed by atoms with Gasteiger partial charge in [0.15, 0.2) is 0 Å². The van der Waals surface area contributed by atoms with Crippen molar-refractivity contribution in [1.29, 1.82) is 0 Å². The van der Waals surface area contributed by atoms with Gasteiger partial charge in [-0.15, -0.1) is 0 Å². The van der Waals surface area contributed by atoms with Gasteiger partial charge in [-0.2, -0.15) is 0 Å². The predicted molar refractivity (Wildman–Crippen MR) is 66.1 cm³/mol. The predicted octanol–water partition coefficient (Wildman–Crippen LogP) is 2.50. The number of hydrogen-bond acceptors (Lipinski definition) is 3. The molecule has 0 aliphatic rings. The van der Waals surface area contributed by atoms with Crippen LogP contribution in [0.25, 0.3) is 0 Å². The Hall–Kier alpha value is -1.71. The molecule has 2 N–H and O–H groups in total. The molecular formula is C13H19NO3. The fourth-order valence-electron chi connectivity index (χ4n) is 1.67. The molecule has 0 unspecified atom stereocenters. The molecule has 0 aliphatic heterocycles. The highest BCUT2D eigenvalue weighted by molar-refractivity contribution is 5.65. The highest BCUT2D eigenvalue weighted by Gasteiger charge is 2.22. The van der Waals surface area contributed by atoms with Crippen LogP contribution in [0.15, 0.2) is 24.3 Å². The van der Waals surface area contributed by atoms with E-state index >= 15 is 0 Å². The summed E-state index contributed by atoms with van der Waals surface area (Å²) in [6, 6.07) is 7.71. The fraction of sp³-hybridized carbons (Fsp3) is 0.462. The summed E-state index contributed by atoms with van der Waals surface area (Å²) in [5.74, 6) is 0.838. The van der Waals surface area contributed by atoms with Crippen molar-refractivity contribution < 1.29 is 14.3 Å². The van der Waals surface area contributed by atoms with E-state index in [1.165, 1.54) is 0 Å². The lowest BCUT2D eigenvalue weighted by Crippen LogP contribution is -2.33. The summed E-state index contributed by atoms with van der Waals surface area (Å²) in [7, 11) is 0. The van der Waals surface area contributed by atoms with Crippen LogP contribution in [0.4, 0.5) is 4.79 Å². The second-order valence-corrected chi connectivity index (χ2v) is 4.43. The van der Waals surface area contributed by atoms with E-state index < -0.39 is 11.7 Å². The summed E-state index contributed by atoms with van der Waals surface area (Å²) in [4.78, 5) is 10.7.